The fourth-order valence-corrected chi connectivity index (χ4v) is 1.83. The molecule has 1 amide bonds. The lowest BCUT2D eigenvalue weighted by molar-refractivity contribution is -0.134. The molecule has 0 radical (unpaired) electrons. The van der Waals surface area contributed by atoms with E-state index in [0.717, 1.165) is 13.0 Å². The molecule has 0 aromatic heterocycles. The van der Waals surface area contributed by atoms with Gasteiger partial charge in [-0.1, -0.05) is 6.92 Å². The van der Waals surface area contributed by atoms with E-state index in [1.165, 1.54) is 0 Å². The minimum Gasteiger partial charge on any atom is -0.376 e. The number of carbonyl (C=O) groups is 1. The van der Waals surface area contributed by atoms with E-state index in [1.807, 2.05) is 20.9 Å². The highest BCUT2D eigenvalue weighted by Crippen LogP contribution is 2.18. The summed E-state index contributed by atoms with van der Waals surface area (Å²) in [5.41, 5.74) is 5.70. The number of hydrogen-bond donors (Lipinski definition) is 1. The van der Waals surface area contributed by atoms with Crippen molar-refractivity contribution in [3.8, 4) is 0 Å². The van der Waals surface area contributed by atoms with Crippen molar-refractivity contribution in [1.29, 1.82) is 0 Å². The van der Waals surface area contributed by atoms with Crippen LogP contribution in [-0.4, -0.2) is 42.6 Å². The summed E-state index contributed by atoms with van der Waals surface area (Å²) in [4.78, 5) is 13.5. The predicted molar refractivity (Wildman–Crippen MR) is 54.9 cm³/mol. The molecule has 2 unspecified atom stereocenters. The van der Waals surface area contributed by atoms with Crippen LogP contribution in [0.3, 0.4) is 0 Å². The molecular formula is C10H20N2O2. The topological polar surface area (TPSA) is 55.6 Å². The number of rotatable bonds is 3. The maximum absolute atomic E-state index is 11.8. The molecule has 4 heteroatoms. The van der Waals surface area contributed by atoms with Gasteiger partial charge in [0.25, 0.3) is 0 Å². The first-order chi connectivity index (χ1) is 6.57. The van der Waals surface area contributed by atoms with E-state index in [0.29, 0.717) is 6.42 Å². The Kier molecular flexibility index (Phi) is 3.89. The Bertz CT molecular complexity index is 208. The second-order valence-corrected chi connectivity index (χ2v) is 3.90. The first kappa shape index (κ1) is 11.5. The van der Waals surface area contributed by atoms with Gasteiger partial charge >= 0.3 is 0 Å². The summed E-state index contributed by atoms with van der Waals surface area (Å²) < 4.78 is 5.42. The molecule has 0 aromatic rings. The van der Waals surface area contributed by atoms with Gasteiger partial charge in [-0.25, -0.2) is 0 Å². The molecule has 82 valence electrons. The van der Waals surface area contributed by atoms with E-state index in [9.17, 15) is 4.79 Å². The van der Waals surface area contributed by atoms with Crippen LogP contribution in [0.4, 0.5) is 0 Å². The lowest BCUT2D eigenvalue weighted by Gasteiger charge is -2.28. The van der Waals surface area contributed by atoms with Crippen LogP contribution in [0.2, 0.25) is 0 Å². The standard InChI is InChI=1S/C10H20N2O2/c1-4-8(11)10(13)12(3)9-5-6-14-7(9)2/h7-9H,4-6,11H2,1-3H3/t7?,8-,9?/m0/s1. The summed E-state index contributed by atoms with van der Waals surface area (Å²) in [5, 5.41) is 0. The largest absolute Gasteiger partial charge is 0.376 e. The second-order valence-electron chi connectivity index (χ2n) is 3.90. The van der Waals surface area contributed by atoms with E-state index in [4.69, 9.17) is 10.5 Å². The summed E-state index contributed by atoms with van der Waals surface area (Å²) in [6.45, 7) is 4.66. The van der Waals surface area contributed by atoms with Crippen molar-refractivity contribution in [2.24, 2.45) is 5.73 Å². The van der Waals surface area contributed by atoms with Crippen molar-refractivity contribution < 1.29 is 9.53 Å². The number of amides is 1. The van der Waals surface area contributed by atoms with Crippen molar-refractivity contribution >= 4 is 5.91 Å². The lowest BCUT2D eigenvalue weighted by Crippen LogP contribution is -2.48. The molecule has 1 aliphatic rings. The highest BCUT2D eigenvalue weighted by atomic mass is 16.5. The molecule has 1 rings (SSSR count). The average molecular weight is 200 g/mol. The number of hydrogen-bond acceptors (Lipinski definition) is 3. The molecule has 2 N–H and O–H groups in total. The Morgan fingerprint density at radius 3 is 2.79 bits per heavy atom. The molecule has 1 saturated heterocycles. The minimum atomic E-state index is -0.368. The maximum Gasteiger partial charge on any atom is 0.239 e. The van der Waals surface area contributed by atoms with E-state index in [2.05, 4.69) is 0 Å². The number of nitrogens with two attached hydrogens (primary N) is 1. The predicted octanol–water partition coefficient (Wildman–Crippen LogP) is 0.359. The molecule has 0 spiro atoms. The van der Waals surface area contributed by atoms with Crippen molar-refractivity contribution in [1.82, 2.24) is 4.90 Å². The Morgan fingerprint density at radius 2 is 2.36 bits per heavy atom. The smallest absolute Gasteiger partial charge is 0.239 e. The molecule has 1 aliphatic heterocycles. The van der Waals surface area contributed by atoms with Gasteiger partial charge in [0.05, 0.1) is 18.2 Å². The first-order valence-electron chi connectivity index (χ1n) is 5.21. The van der Waals surface area contributed by atoms with Crippen LogP contribution in [-0.2, 0) is 9.53 Å². The van der Waals surface area contributed by atoms with Crippen LogP contribution >= 0.6 is 0 Å². The highest BCUT2D eigenvalue weighted by molar-refractivity contribution is 5.81. The van der Waals surface area contributed by atoms with Gasteiger partial charge in [-0.3, -0.25) is 4.79 Å². The molecule has 4 nitrogen and oxygen atoms in total. The van der Waals surface area contributed by atoms with Crippen molar-refractivity contribution in [3.05, 3.63) is 0 Å². The third-order valence-electron chi connectivity index (χ3n) is 2.94. The molecule has 0 aliphatic carbocycles. The zero-order valence-corrected chi connectivity index (χ0v) is 9.19. The Hall–Kier alpha value is -0.610. The van der Waals surface area contributed by atoms with Gasteiger partial charge in [0.1, 0.15) is 0 Å². The fourth-order valence-electron chi connectivity index (χ4n) is 1.83. The Balaban J connectivity index is 2.55. The number of ether oxygens (including phenoxy) is 1. The van der Waals surface area contributed by atoms with Crippen LogP contribution < -0.4 is 5.73 Å². The molecule has 0 saturated carbocycles. The summed E-state index contributed by atoms with van der Waals surface area (Å²) >= 11 is 0. The van der Waals surface area contributed by atoms with Crippen LogP contribution in [0.15, 0.2) is 0 Å². The molecule has 14 heavy (non-hydrogen) atoms. The molecular weight excluding hydrogens is 180 g/mol. The molecule has 3 atom stereocenters. The van der Waals surface area contributed by atoms with Crippen LogP contribution in [0.25, 0.3) is 0 Å². The Labute approximate surface area is 85.4 Å². The van der Waals surface area contributed by atoms with E-state index in [1.54, 1.807) is 4.90 Å². The first-order valence-corrected chi connectivity index (χ1v) is 5.21. The maximum atomic E-state index is 11.8. The van der Waals surface area contributed by atoms with Crippen molar-refractivity contribution in [2.45, 2.75) is 44.9 Å². The highest BCUT2D eigenvalue weighted by Gasteiger charge is 2.31. The lowest BCUT2D eigenvalue weighted by atomic mass is 10.1. The summed E-state index contributed by atoms with van der Waals surface area (Å²) in [5.74, 6) is 0.0230. The molecule has 0 bridgehead atoms. The normalized spacial score (nSPS) is 28.9. The summed E-state index contributed by atoms with van der Waals surface area (Å²) in [7, 11) is 1.81. The molecule has 0 aromatic carbocycles. The zero-order chi connectivity index (χ0) is 10.7. The van der Waals surface area contributed by atoms with Gasteiger partial charge in [-0.2, -0.15) is 0 Å². The van der Waals surface area contributed by atoms with Gasteiger partial charge in [0, 0.05) is 13.7 Å². The minimum absolute atomic E-state index is 0.0230. The molecule has 1 heterocycles. The SMILES string of the molecule is CC[C@H](N)C(=O)N(C)C1CCOC1C. The number of likely N-dealkylation sites (N-methyl/N-ethyl adjacent to an activating group) is 1. The third kappa shape index (κ3) is 2.25. The van der Waals surface area contributed by atoms with Crippen LogP contribution in [0.1, 0.15) is 26.7 Å². The second kappa shape index (κ2) is 4.75. The van der Waals surface area contributed by atoms with Gasteiger partial charge in [-0.05, 0) is 19.8 Å². The van der Waals surface area contributed by atoms with Crippen LogP contribution in [0.5, 0.6) is 0 Å². The van der Waals surface area contributed by atoms with Gasteiger partial charge in [0.15, 0.2) is 0 Å². The number of carbonyl (C=O) groups excluding carboxylic acids is 1. The van der Waals surface area contributed by atoms with Gasteiger partial charge in [-0.15, -0.1) is 0 Å². The zero-order valence-electron chi connectivity index (χ0n) is 9.19. The van der Waals surface area contributed by atoms with Crippen molar-refractivity contribution in [3.63, 3.8) is 0 Å². The molecule has 1 fully saturated rings. The average Bonchev–Trinajstić information content (AvgIpc) is 2.61. The summed E-state index contributed by atoms with van der Waals surface area (Å²) in [6, 6.07) is -0.173. The monoisotopic (exact) mass is 200 g/mol. The van der Waals surface area contributed by atoms with Gasteiger partial charge < -0.3 is 15.4 Å². The van der Waals surface area contributed by atoms with Crippen molar-refractivity contribution in [2.75, 3.05) is 13.7 Å². The third-order valence-corrected chi connectivity index (χ3v) is 2.94. The Morgan fingerprint density at radius 1 is 1.71 bits per heavy atom. The van der Waals surface area contributed by atoms with Gasteiger partial charge in [0.2, 0.25) is 5.91 Å². The quantitative estimate of drug-likeness (QED) is 0.715. The fraction of sp³-hybridized carbons (Fsp3) is 0.900. The van der Waals surface area contributed by atoms with E-state index < -0.39 is 0 Å². The number of nitrogens with zero attached hydrogens (tertiary/aromatic N) is 1. The van der Waals surface area contributed by atoms with E-state index in [-0.39, 0.29) is 24.1 Å². The van der Waals surface area contributed by atoms with E-state index >= 15 is 0 Å². The van der Waals surface area contributed by atoms with Crippen LogP contribution in [0, 0.1) is 0 Å². The summed E-state index contributed by atoms with van der Waals surface area (Å²) in [6.07, 6.45) is 1.73.